The molecule has 0 aliphatic carbocycles. The minimum Gasteiger partial charge on any atom is -0.496 e. The van der Waals surface area contributed by atoms with E-state index in [0.717, 1.165) is 63.8 Å². The number of nitrogens with one attached hydrogen (secondary N) is 2. The largest absolute Gasteiger partial charge is 0.496 e. The highest BCUT2D eigenvalue weighted by molar-refractivity contribution is 7.16. The minimum atomic E-state index is 0.318. The molecule has 2 aliphatic heterocycles. The highest BCUT2D eigenvalue weighted by Gasteiger charge is 2.27. The van der Waals surface area contributed by atoms with Gasteiger partial charge in [-0.05, 0) is 37.1 Å². The number of ether oxygens (including phenoxy) is 1. The molecule has 4 heterocycles. The van der Waals surface area contributed by atoms with Crippen LogP contribution in [0.2, 0.25) is 0 Å². The fourth-order valence-electron chi connectivity index (χ4n) is 4.27. The molecular formula is C23H25N5OS. The average Bonchev–Trinajstić information content (AvgIpc) is 3.06. The molecule has 3 aromatic rings. The number of fused-ring (bicyclic) bond motifs is 2. The number of nitrogens with zero attached hydrogens (tertiary/aromatic N) is 3. The number of anilines is 1. The molecule has 1 fully saturated rings. The topological polar surface area (TPSA) is 62.3 Å². The van der Waals surface area contributed by atoms with Crippen LogP contribution >= 0.6 is 11.3 Å². The second-order valence-corrected chi connectivity index (χ2v) is 8.81. The van der Waals surface area contributed by atoms with Gasteiger partial charge in [-0.3, -0.25) is 4.98 Å². The van der Waals surface area contributed by atoms with E-state index in [2.05, 4.69) is 40.7 Å². The molecule has 0 bridgehead atoms. The maximum Gasteiger partial charge on any atom is 0.124 e. The number of aromatic nitrogens is 2. The lowest BCUT2D eigenvalue weighted by atomic mass is 10.0. The summed E-state index contributed by atoms with van der Waals surface area (Å²) in [6.45, 7) is 4.78. The van der Waals surface area contributed by atoms with Crippen LogP contribution in [0.1, 0.15) is 16.3 Å². The Balaban J connectivity index is 1.53. The molecule has 0 amide bonds. The van der Waals surface area contributed by atoms with E-state index in [1.165, 1.54) is 5.56 Å². The smallest absolute Gasteiger partial charge is 0.124 e. The molecule has 1 unspecified atom stereocenters. The molecule has 154 valence electrons. The molecule has 2 N–H and O–H groups in total. The molecule has 7 heteroatoms. The van der Waals surface area contributed by atoms with Gasteiger partial charge in [0, 0.05) is 43.3 Å². The van der Waals surface area contributed by atoms with Crippen LogP contribution in [0.3, 0.4) is 0 Å². The van der Waals surface area contributed by atoms with Crippen molar-refractivity contribution in [1.29, 1.82) is 0 Å². The molecule has 1 saturated heterocycles. The molecule has 1 aromatic carbocycles. The lowest BCUT2D eigenvalue weighted by Gasteiger charge is -2.36. The van der Waals surface area contributed by atoms with Crippen molar-refractivity contribution in [2.75, 3.05) is 32.1 Å². The fourth-order valence-corrected chi connectivity index (χ4v) is 5.06. The predicted molar refractivity (Wildman–Crippen MR) is 121 cm³/mol. The van der Waals surface area contributed by atoms with Crippen molar-refractivity contribution in [2.24, 2.45) is 0 Å². The van der Waals surface area contributed by atoms with Gasteiger partial charge in [0.15, 0.2) is 0 Å². The van der Waals surface area contributed by atoms with Gasteiger partial charge in [0.2, 0.25) is 0 Å². The zero-order valence-corrected chi connectivity index (χ0v) is 18.0. The Morgan fingerprint density at radius 3 is 3.03 bits per heavy atom. The molecule has 0 radical (unpaired) electrons. The first-order chi connectivity index (χ1) is 14.7. The van der Waals surface area contributed by atoms with Gasteiger partial charge in [-0.2, -0.15) is 0 Å². The van der Waals surface area contributed by atoms with Crippen molar-refractivity contribution in [3.05, 3.63) is 69.4 Å². The Kier molecular flexibility index (Phi) is 5.14. The number of aryl methyl sites for hydroxylation is 1. The predicted octanol–water partition coefficient (Wildman–Crippen LogP) is 1.69. The Morgan fingerprint density at radius 2 is 2.13 bits per heavy atom. The maximum absolute atomic E-state index is 5.56. The number of piperazine rings is 1. The van der Waals surface area contributed by atoms with Crippen molar-refractivity contribution in [1.82, 2.24) is 20.2 Å². The van der Waals surface area contributed by atoms with Gasteiger partial charge in [0.1, 0.15) is 16.4 Å². The molecule has 5 rings (SSSR count). The quantitative estimate of drug-likeness (QED) is 0.671. The Bertz CT molecular complexity index is 1190. The third kappa shape index (κ3) is 3.55. The van der Waals surface area contributed by atoms with E-state index >= 15 is 0 Å². The van der Waals surface area contributed by atoms with Gasteiger partial charge in [0.05, 0.1) is 23.2 Å². The Hall–Kier alpha value is -2.90. The summed E-state index contributed by atoms with van der Waals surface area (Å²) >= 11 is 1.69. The van der Waals surface area contributed by atoms with E-state index in [1.54, 1.807) is 18.4 Å². The van der Waals surface area contributed by atoms with Gasteiger partial charge in [-0.25, -0.2) is 4.98 Å². The van der Waals surface area contributed by atoms with Gasteiger partial charge in [-0.1, -0.05) is 18.2 Å². The van der Waals surface area contributed by atoms with Crippen molar-refractivity contribution >= 4 is 28.2 Å². The lowest BCUT2D eigenvalue weighted by Crippen LogP contribution is -2.52. The standard InChI is InChI=1S/C23H25N5OS/c1-15-27-21-22(20-17(7-5-9-25-20)13-26-23(21)30-15)28-11-10-24-18(14-28)12-16-6-3-4-8-19(16)29-2/h3-9,13,18,24,26H,10-12,14H2,1-2H3. The van der Waals surface area contributed by atoms with Crippen LogP contribution in [0.25, 0.3) is 11.9 Å². The van der Waals surface area contributed by atoms with Crippen LogP contribution in [0.5, 0.6) is 5.75 Å². The summed E-state index contributed by atoms with van der Waals surface area (Å²) in [7, 11) is 1.74. The number of pyridine rings is 1. The van der Waals surface area contributed by atoms with E-state index in [4.69, 9.17) is 14.7 Å². The van der Waals surface area contributed by atoms with Gasteiger partial charge in [-0.15, -0.1) is 11.3 Å². The summed E-state index contributed by atoms with van der Waals surface area (Å²) < 4.78 is 5.56. The first-order valence-corrected chi connectivity index (χ1v) is 11.0. The molecule has 30 heavy (non-hydrogen) atoms. The molecule has 0 spiro atoms. The number of thiazole rings is 1. The summed E-state index contributed by atoms with van der Waals surface area (Å²) in [5.41, 5.74) is 3.35. The number of rotatable bonds is 4. The monoisotopic (exact) mass is 419 g/mol. The second-order valence-electron chi connectivity index (χ2n) is 7.60. The molecule has 0 saturated carbocycles. The van der Waals surface area contributed by atoms with Crippen molar-refractivity contribution in [2.45, 2.75) is 19.4 Å². The van der Waals surface area contributed by atoms with Crippen LogP contribution in [0, 0.1) is 6.92 Å². The summed E-state index contributed by atoms with van der Waals surface area (Å²) in [6, 6.07) is 12.7. The first-order valence-electron chi connectivity index (χ1n) is 10.2. The molecular weight excluding hydrogens is 394 g/mol. The van der Waals surface area contributed by atoms with E-state index < -0.39 is 0 Å². The number of hydrogen-bond acceptors (Lipinski definition) is 7. The molecule has 1 atom stereocenters. The fraction of sp³-hybridized carbons (Fsp3) is 0.304. The zero-order valence-electron chi connectivity index (χ0n) is 17.2. The highest BCUT2D eigenvalue weighted by Crippen LogP contribution is 2.31. The van der Waals surface area contributed by atoms with E-state index in [0.29, 0.717) is 6.04 Å². The number of hydrogen-bond donors (Lipinski definition) is 2. The second kappa shape index (κ2) is 8.08. The zero-order chi connectivity index (χ0) is 20.5. The Labute approximate surface area is 179 Å². The van der Waals surface area contributed by atoms with Crippen LogP contribution in [0.4, 0.5) is 5.00 Å². The highest BCUT2D eigenvalue weighted by atomic mass is 32.1. The van der Waals surface area contributed by atoms with Crippen molar-refractivity contribution < 1.29 is 4.74 Å². The van der Waals surface area contributed by atoms with Crippen LogP contribution in [-0.2, 0) is 6.42 Å². The van der Waals surface area contributed by atoms with Gasteiger partial charge in [0.25, 0.3) is 0 Å². The summed E-state index contributed by atoms with van der Waals surface area (Å²) in [5, 5.41) is 11.4. The normalized spacial score (nSPS) is 18.0. The third-order valence-electron chi connectivity index (χ3n) is 5.61. The van der Waals surface area contributed by atoms with E-state index in [1.807, 2.05) is 30.6 Å². The lowest BCUT2D eigenvalue weighted by molar-refractivity contribution is 0.274. The van der Waals surface area contributed by atoms with Gasteiger partial charge < -0.3 is 20.3 Å². The van der Waals surface area contributed by atoms with Crippen LogP contribution in [-0.4, -0.2) is 47.7 Å². The average molecular weight is 420 g/mol. The van der Waals surface area contributed by atoms with Crippen LogP contribution < -0.4 is 25.9 Å². The number of para-hydroxylation sites is 1. The Morgan fingerprint density at radius 1 is 1.23 bits per heavy atom. The van der Waals surface area contributed by atoms with Crippen molar-refractivity contribution in [3.63, 3.8) is 0 Å². The van der Waals surface area contributed by atoms with Crippen molar-refractivity contribution in [3.8, 4) is 5.75 Å². The molecule has 6 nitrogen and oxygen atoms in total. The summed E-state index contributed by atoms with van der Waals surface area (Å²) in [5.74, 6) is 0.946. The maximum atomic E-state index is 5.56. The summed E-state index contributed by atoms with van der Waals surface area (Å²) in [4.78, 5) is 12.1. The van der Waals surface area contributed by atoms with E-state index in [9.17, 15) is 0 Å². The number of benzene rings is 1. The minimum absolute atomic E-state index is 0.318. The molecule has 2 aliphatic rings. The number of methoxy groups -OCH3 is 1. The summed E-state index contributed by atoms with van der Waals surface area (Å²) in [6.07, 6.45) is 4.82. The molecule has 2 aromatic heterocycles. The third-order valence-corrected chi connectivity index (χ3v) is 6.51. The van der Waals surface area contributed by atoms with Gasteiger partial charge >= 0.3 is 0 Å². The van der Waals surface area contributed by atoms with Crippen LogP contribution in [0.15, 0.2) is 42.6 Å². The first kappa shape index (κ1) is 19.1. The van der Waals surface area contributed by atoms with E-state index in [-0.39, 0.29) is 0 Å². The SMILES string of the molecule is COc1ccccc1CC1CN(C2=c3ncccc3=CNc3sc(C)nc32)CCN1.